The molecule has 1 saturated carbocycles. The van der Waals surface area contributed by atoms with Gasteiger partial charge < -0.3 is 4.90 Å². The molecule has 4 atom stereocenters. The summed E-state index contributed by atoms with van der Waals surface area (Å²) in [7, 11) is 0. The van der Waals surface area contributed by atoms with Gasteiger partial charge in [0.2, 0.25) is 5.91 Å². The molecule has 1 N–H and O–H groups in total. The maximum atomic E-state index is 11.8. The standard InChI is InChI=1S/C12H22N2O/c1-8-4-5-11(9(2)6-8)14-10(3)13-7-12(14)15/h8-11,13H,4-7H2,1-3H3. The topological polar surface area (TPSA) is 32.3 Å². The first-order valence-corrected chi connectivity index (χ1v) is 6.14. The van der Waals surface area contributed by atoms with Gasteiger partial charge in [0.05, 0.1) is 12.7 Å². The Hall–Kier alpha value is -0.570. The number of nitrogens with zero attached hydrogens (tertiary/aromatic N) is 1. The molecular formula is C12H22N2O. The van der Waals surface area contributed by atoms with Gasteiger partial charge in [0.15, 0.2) is 0 Å². The Morgan fingerprint density at radius 1 is 1.27 bits per heavy atom. The van der Waals surface area contributed by atoms with Crippen LogP contribution in [0.3, 0.4) is 0 Å². The lowest BCUT2D eigenvalue weighted by Gasteiger charge is -2.40. The van der Waals surface area contributed by atoms with Crippen molar-refractivity contribution in [3.63, 3.8) is 0 Å². The van der Waals surface area contributed by atoms with Crippen molar-refractivity contribution in [1.29, 1.82) is 0 Å². The van der Waals surface area contributed by atoms with Crippen molar-refractivity contribution in [3.8, 4) is 0 Å². The van der Waals surface area contributed by atoms with Gasteiger partial charge in [-0.2, -0.15) is 0 Å². The van der Waals surface area contributed by atoms with Crippen LogP contribution in [0, 0.1) is 11.8 Å². The fourth-order valence-corrected chi connectivity index (χ4v) is 3.18. The molecule has 0 aromatic heterocycles. The summed E-state index contributed by atoms with van der Waals surface area (Å²) >= 11 is 0. The number of nitrogens with one attached hydrogen (secondary N) is 1. The highest BCUT2D eigenvalue weighted by Crippen LogP contribution is 2.33. The summed E-state index contributed by atoms with van der Waals surface area (Å²) in [6.45, 7) is 7.23. The van der Waals surface area contributed by atoms with Crippen LogP contribution in [-0.2, 0) is 4.79 Å². The molecular weight excluding hydrogens is 188 g/mol. The summed E-state index contributed by atoms with van der Waals surface area (Å²) in [5.74, 6) is 1.77. The van der Waals surface area contributed by atoms with Crippen molar-refractivity contribution in [1.82, 2.24) is 10.2 Å². The molecule has 0 radical (unpaired) electrons. The normalized spacial score (nSPS) is 42.3. The highest BCUT2D eigenvalue weighted by atomic mass is 16.2. The summed E-state index contributed by atoms with van der Waals surface area (Å²) in [6.07, 6.45) is 3.95. The van der Waals surface area contributed by atoms with E-state index in [-0.39, 0.29) is 12.1 Å². The zero-order chi connectivity index (χ0) is 11.0. The van der Waals surface area contributed by atoms with E-state index in [1.807, 2.05) is 0 Å². The highest BCUT2D eigenvalue weighted by Gasteiger charge is 2.37. The minimum atomic E-state index is 0.235. The van der Waals surface area contributed by atoms with Gasteiger partial charge in [0.25, 0.3) is 0 Å². The fraction of sp³-hybridized carbons (Fsp3) is 0.917. The van der Waals surface area contributed by atoms with Gasteiger partial charge in [0.1, 0.15) is 0 Å². The molecule has 1 heterocycles. The lowest BCUT2D eigenvalue weighted by molar-refractivity contribution is -0.132. The third kappa shape index (κ3) is 2.03. The van der Waals surface area contributed by atoms with Crippen molar-refractivity contribution in [2.24, 2.45) is 11.8 Å². The number of rotatable bonds is 1. The van der Waals surface area contributed by atoms with Gasteiger partial charge in [0, 0.05) is 6.04 Å². The molecule has 1 amide bonds. The summed E-state index contributed by atoms with van der Waals surface area (Å²) < 4.78 is 0. The predicted octanol–water partition coefficient (Wildman–Crippen LogP) is 1.59. The highest BCUT2D eigenvalue weighted by molar-refractivity contribution is 5.81. The van der Waals surface area contributed by atoms with E-state index < -0.39 is 0 Å². The molecule has 0 spiro atoms. The number of amides is 1. The Morgan fingerprint density at radius 3 is 2.53 bits per heavy atom. The van der Waals surface area contributed by atoms with Gasteiger partial charge >= 0.3 is 0 Å². The van der Waals surface area contributed by atoms with Crippen LogP contribution in [0.4, 0.5) is 0 Å². The summed E-state index contributed by atoms with van der Waals surface area (Å²) in [4.78, 5) is 13.9. The molecule has 2 aliphatic rings. The van der Waals surface area contributed by atoms with E-state index in [1.165, 1.54) is 19.3 Å². The zero-order valence-electron chi connectivity index (χ0n) is 9.99. The molecule has 4 unspecified atom stereocenters. The van der Waals surface area contributed by atoms with Gasteiger partial charge in [-0.3, -0.25) is 10.1 Å². The van der Waals surface area contributed by atoms with Crippen LogP contribution >= 0.6 is 0 Å². The van der Waals surface area contributed by atoms with Crippen LogP contribution in [0.2, 0.25) is 0 Å². The largest absolute Gasteiger partial charge is 0.323 e. The second kappa shape index (κ2) is 4.12. The first kappa shape index (κ1) is 10.9. The number of hydrogen-bond acceptors (Lipinski definition) is 2. The Labute approximate surface area is 92.2 Å². The van der Waals surface area contributed by atoms with E-state index >= 15 is 0 Å². The van der Waals surface area contributed by atoms with Gasteiger partial charge in [-0.1, -0.05) is 13.8 Å². The van der Waals surface area contributed by atoms with Crippen LogP contribution in [0.25, 0.3) is 0 Å². The van der Waals surface area contributed by atoms with Gasteiger partial charge in [-0.25, -0.2) is 0 Å². The van der Waals surface area contributed by atoms with E-state index in [0.29, 0.717) is 18.5 Å². The molecule has 15 heavy (non-hydrogen) atoms. The SMILES string of the molecule is CC1CCC(N2C(=O)CNC2C)C(C)C1. The summed E-state index contributed by atoms with van der Waals surface area (Å²) in [5, 5.41) is 3.22. The van der Waals surface area contributed by atoms with Crippen molar-refractivity contribution >= 4 is 5.91 Å². The third-order valence-corrected chi connectivity index (χ3v) is 4.00. The summed E-state index contributed by atoms with van der Waals surface area (Å²) in [5.41, 5.74) is 0. The molecule has 3 nitrogen and oxygen atoms in total. The third-order valence-electron chi connectivity index (χ3n) is 4.00. The Bertz CT molecular complexity index is 254. The Morgan fingerprint density at radius 2 is 2.00 bits per heavy atom. The molecule has 3 heteroatoms. The smallest absolute Gasteiger partial charge is 0.238 e. The van der Waals surface area contributed by atoms with E-state index in [4.69, 9.17) is 0 Å². The number of hydrogen-bond donors (Lipinski definition) is 1. The fourth-order valence-electron chi connectivity index (χ4n) is 3.18. The van der Waals surface area contributed by atoms with Crippen LogP contribution in [0.15, 0.2) is 0 Å². The maximum Gasteiger partial charge on any atom is 0.238 e. The second-order valence-electron chi connectivity index (χ2n) is 5.32. The van der Waals surface area contributed by atoms with Gasteiger partial charge in [-0.05, 0) is 38.0 Å². The van der Waals surface area contributed by atoms with Gasteiger partial charge in [-0.15, -0.1) is 0 Å². The first-order chi connectivity index (χ1) is 7.09. The molecule has 2 rings (SSSR count). The minimum absolute atomic E-state index is 0.235. The maximum absolute atomic E-state index is 11.8. The van der Waals surface area contributed by atoms with Crippen molar-refractivity contribution in [2.45, 2.75) is 52.2 Å². The quantitative estimate of drug-likeness (QED) is 0.713. The molecule has 0 aromatic carbocycles. The van der Waals surface area contributed by atoms with E-state index in [0.717, 1.165) is 5.92 Å². The van der Waals surface area contributed by atoms with Crippen molar-refractivity contribution in [2.75, 3.05) is 6.54 Å². The van der Waals surface area contributed by atoms with Crippen molar-refractivity contribution < 1.29 is 4.79 Å². The van der Waals surface area contributed by atoms with E-state index in [9.17, 15) is 4.79 Å². The van der Waals surface area contributed by atoms with Crippen LogP contribution in [0.5, 0.6) is 0 Å². The predicted molar refractivity (Wildman–Crippen MR) is 60.3 cm³/mol. The monoisotopic (exact) mass is 210 g/mol. The van der Waals surface area contributed by atoms with Crippen LogP contribution in [0.1, 0.15) is 40.0 Å². The Kier molecular flexibility index (Phi) is 3.01. The lowest BCUT2D eigenvalue weighted by Crippen LogP contribution is -2.48. The average molecular weight is 210 g/mol. The molecule has 0 aromatic rings. The zero-order valence-corrected chi connectivity index (χ0v) is 9.99. The molecule has 1 aliphatic carbocycles. The first-order valence-electron chi connectivity index (χ1n) is 6.14. The second-order valence-corrected chi connectivity index (χ2v) is 5.32. The molecule has 1 saturated heterocycles. The van der Waals surface area contributed by atoms with Crippen molar-refractivity contribution in [3.05, 3.63) is 0 Å². The van der Waals surface area contributed by atoms with Crippen LogP contribution in [-0.4, -0.2) is 29.6 Å². The average Bonchev–Trinajstić information content (AvgIpc) is 2.48. The van der Waals surface area contributed by atoms with E-state index in [1.54, 1.807) is 0 Å². The molecule has 0 bridgehead atoms. The minimum Gasteiger partial charge on any atom is -0.323 e. The number of carbonyl (C=O) groups excluding carboxylic acids is 1. The molecule has 2 fully saturated rings. The lowest BCUT2D eigenvalue weighted by atomic mass is 9.79. The molecule has 86 valence electrons. The van der Waals surface area contributed by atoms with E-state index in [2.05, 4.69) is 31.0 Å². The molecule has 1 aliphatic heterocycles. The summed E-state index contributed by atoms with van der Waals surface area (Å²) in [6, 6.07) is 0.471. The Balaban J connectivity index is 2.06. The van der Waals surface area contributed by atoms with Crippen LogP contribution < -0.4 is 5.32 Å². The number of carbonyl (C=O) groups is 1.